The number of furan rings is 1. The maximum absolute atomic E-state index is 12.3. The van der Waals surface area contributed by atoms with Gasteiger partial charge in [0.2, 0.25) is 0 Å². The zero-order valence-electron chi connectivity index (χ0n) is 13.6. The summed E-state index contributed by atoms with van der Waals surface area (Å²) in [7, 11) is 0. The van der Waals surface area contributed by atoms with Crippen molar-refractivity contribution in [3.63, 3.8) is 0 Å². The van der Waals surface area contributed by atoms with Crippen LogP contribution in [-0.4, -0.2) is 41.6 Å². The number of nitrogens with zero attached hydrogens (tertiary/aromatic N) is 2. The molecule has 3 heterocycles. The van der Waals surface area contributed by atoms with Gasteiger partial charge in [0.15, 0.2) is 11.5 Å². The first-order valence-corrected chi connectivity index (χ1v) is 8.01. The zero-order valence-corrected chi connectivity index (χ0v) is 13.6. The highest BCUT2D eigenvalue weighted by atomic mass is 16.5. The van der Waals surface area contributed by atoms with Crippen LogP contribution in [0.3, 0.4) is 0 Å². The smallest absolute Gasteiger partial charge is 0.199 e. The molecule has 2 aromatic heterocycles. The summed E-state index contributed by atoms with van der Waals surface area (Å²) in [6.07, 6.45) is 2.75. The molecule has 0 N–H and O–H groups in total. The Morgan fingerprint density at radius 3 is 3.09 bits per heavy atom. The number of carbonyl (C=O) groups excluding carboxylic acids is 1. The summed E-state index contributed by atoms with van der Waals surface area (Å²) in [5.41, 5.74) is 2.12. The summed E-state index contributed by atoms with van der Waals surface area (Å²) < 4.78 is 16.1. The van der Waals surface area contributed by atoms with E-state index in [-0.39, 0.29) is 11.8 Å². The van der Waals surface area contributed by atoms with Crippen LogP contribution >= 0.6 is 0 Å². The molecule has 0 radical (unpaired) electrons. The topological polar surface area (TPSA) is 68.7 Å². The van der Waals surface area contributed by atoms with E-state index in [4.69, 9.17) is 13.7 Å². The van der Waals surface area contributed by atoms with Crippen LogP contribution in [0.1, 0.15) is 40.9 Å². The van der Waals surface area contributed by atoms with Crippen molar-refractivity contribution in [2.24, 2.45) is 0 Å². The molecule has 23 heavy (non-hydrogen) atoms. The molecule has 1 fully saturated rings. The quantitative estimate of drug-likeness (QED) is 0.763. The van der Waals surface area contributed by atoms with Gasteiger partial charge in [-0.3, -0.25) is 9.69 Å². The normalized spacial score (nSPS) is 19.1. The maximum Gasteiger partial charge on any atom is 0.199 e. The highest BCUT2D eigenvalue weighted by molar-refractivity contribution is 5.93. The molecule has 0 bridgehead atoms. The summed E-state index contributed by atoms with van der Waals surface area (Å²) in [6, 6.07) is 3.48. The van der Waals surface area contributed by atoms with Crippen molar-refractivity contribution in [1.82, 2.24) is 10.1 Å². The Bertz CT molecular complexity index is 648. The van der Waals surface area contributed by atoms with E-state index in [9.17, 15) is 4.79 Å². The molecule has 0 aliphatic carbocycles. The van der Waals surface area contributed by atoms with E-state index in [2.05, 4.69) is 17.0 Å². The Labute approximate surface area is 135 Å². The lowest BCUT2D eigenvalue weighted by molar-refractivity contribution is -0.0130. The Hall–Kier alpha value is -1.92. The molecule has 1 saturated heterocycles. The van der Waals surface area contributed by atoms with Gasteiger partial charge < -0.3 is 13.7 Å². The van der Waals surface area contributed by atoms with Gasteiger partial charge in [0, 0.05) is 31.1 Å². The number of ketones is 1. The summed E-state index contributed by atoms with van der Waals surface area (Å²) in [5.74, 6) is 1.27. The number of Topliss-reactive ketones (excluding diaryl/α,β-unsaturated/α-hetero) is 1. The number of morpholine rings is 1. The molecule has 6 nitrogen and oxygen atoms in total. The van der Waals surface area contributed by atoms with Crippen LogP contribution in [0.15, 0.2) is 27.3 Å². The fourth-order valence-electron chi connectivity index (χ4n) is 2.96. The summed E-state index contributed by atoms with van der Waals surface area (Å²) in [6.45, 7) is 6.76. The van der Waals surface area contributed by atoms with Gasteiger partial charge in [-0.05, 0) is 25.5 Å². The van der Waals surface area contributed by atoms with Crippen molar-refractivity contribution < 1.29 is 18.5 Å². The van der Waals surface area contributed by atoms with E-state index in [1.54, 1.807) is 12.1 Å². The maximum atomic E-state index is 12.3. The lowest BCUT2D eigenvalue weighted by Gasteiger charge is -2.35. The number of hydrogen-bond donors (Lipinski definition) is 0. The molecule has 3 rings (SSSR count). The molecular weight excluding hydrogens is 296 g/mol. The van der Waals surface area contributed by atoms with Crippen LogP contribution in [0.5, 0.6) is 0 Å². The van der Waals surface area contributed by atoms with E-state index in [1.807, 2.05) is 6.92 Å². The average molecular weight is 318 g/mol. The fourth-order valence-corrected chi connectivity index (χ4v) is 2.96. The molecule has 0 saturated carbocycles. The van der Waals surface area contributed by atoms with E-state index in [0.29, 0.717) is 25.4 Å². The van der Waals surface area contributed by atoms with Crippen molar-refractivity contribution in [2.45, 2.75) is 39.3 Å². The molecule has 6 heteroatoms. The van der Waals surface area contributed by atoms with Gasteiger partial charge in [0.05, 0.1) is 25.2 Å². The van der Waals surface area contributed by atoms with Crippen molar-refractivity contribution in [2.75, 3.05) is 19.8 Å². The molecule has 0 amide bonds. The van der Waals surface area contributed by atoms with Crippen molar-refractivity contribution in [3.05, 3.63) is 41.2 Å². The van der Waals surface area contributed by atoms with Gasteiger partial charge in [-0.1, -0.05) is 12.1 Å². The molecule has 1 aliphatic rings. The monoisotopic (exact) mass is 318 g/mol. The Morgan fingerprint density at radius 2 is 2.35 bits per heavy atom. The highest BCUT2D eigenvalue weighted by Gasteiger charge is 2.28. The molecule has 0 aromatic carbocycles. The molecule has 1 atom stereocenters. The van der Waals surface area contributed by atoms with Crippen LogP contribution in [0.4, 0.5) is 0 Å². The highest BCUT2D eigenvalue weighted by Crippen LogP contribution is 2.21. The number of aryl methyl sites for hydroxylation is 2. The van der Waals surface area contributed by atoms with Crippen molar-refractivity contribution in [1.29, 1.82) is 0 Å². The fraction of sp³-hybridized carbons (Fsp3) is 0.529. The minimum absolute atomic E-state index is 0.00764. The Morgan fingerprint density at radius 1 is 1.48 bits per heavy atom. The molecule has 124 valence electrons. The van der Waals surface area contributed by atoms with Gasteiger partial charge in [-0.2, -0.15) is 0 Å². The Kier molecular flexibility index (Phi) is 4.93. The minimum atomic E-state index is 0.00764. The molecule has 1 aliphatic heterocycles. The third kappa shape index (κ3) is 3.54. The second-order valence-electron chi connectivity index (χ2n) is 5.82. The van der Waals surface area contributed by atoms with Gasteiger partial charge >= 0.3 is 0 Å². The molecule has 2 aromatic rings. The first kappa shape index (κ1) is 16.0. The third-order valence-electron chi connectivity index (χ3n) is 4.33. The number of carbonyl (C=O) groups is 1. The number of aromatic nitrogens is 1. The van der Waals surface area contributed by atoms with E-state index >= 15 is 0 Å². The van der Waals surface area contributed by atoms with Crippen LogP contribution < -0.4 is 0 Å². The lowest BCUT2D eigenvalue weighted by atomic mass is 10.0. The summed E-state index contributed by atoms with van der Waals surface area (Å²) in [4.78, 5) is 14.6. The minimum Gasteiger partial charge on any atom is -0.461 e. The van der Waals surface area contributed by atoms with E-state index in [0.717, 1.165) is 36.5 Å². The summed E-state index contributed by atoms with van der Waals surface area (Å²) >= 11 is 0. The van der Waals surface area contributed by atoms with Gasteiger partial charge in [-0.15, -0.1) is 0 Å². The average Bonchev–Trinajstić information content (AvgIpc) is 3.20. The van der Waals surface area contributed by atoms with E-state index < -0.39 is 0 Å². The SMILES string of the molecule is CCc1noc(C)c1CN1CCOCC1CC(=O)c1ccco1. The van der Waals surface area contributed by atoms with Crippen LogP contribution in [0, 0.1) is 6.92 Å². The largest absolute Gasteiger partial charge is 0.461 e. The van der Waals surface area contributed by atoms with Crippen LogP contribution in [-0.2, 0) is 17.7 Å². The second-order valence-corrected chi connectivity index (χ2v) is 5.82. The zero-order chi connectivity index (χ0) is 16.2. The molecular formula is C17H22N2O4. The number of hydrogen-bond acceptors (Lipinski definition) is 6. The first-order chi connectivity index (χ1) is 11.2. The third-order valence-corrected chi connectivity index (χ3v) is 4.33. The lowest BCUT2D eigenvalue weighted by Crippen LogP contribution is -2.46. The van der Waals surface area contributed by atoms with E-state index in [1.165, 1.54) is 6.26 Å². The second kappa shape index (κ2) is 7.10. The molecule has 0 spiro atoms. The van der Waals surface area contributed by atoms with Gasteiger partial charge in [0.25, 0.3) is 0 Å². The first-order valence-electron chi connectivity index (χ1n) is 8.01. The van der Waals surface area contributed by atoms with Crippen molar-refractivity contribution >= 4 is 5.78 Å². The van der Waals surface area contributed by atoms with Crippen molar-refractivity contribution in [3.8, 4) is 0 Å². The molecule has 1 unspecified atom stereocenters. The Balaban J connectivity index is 1.71. The van der Waals surface area contributed by atoms with Crippen LogP contribution in [0.2, 0.25) is 0 Å². The predicted octanol–water partition coefficient (Wildman–Crippen LogP) is 2.61. The van der Waals surface area contributed by atoms with Gasteiger partial charge in [0.1, 0.15) is 5.76 Å². The number of rotatable bonds is 6. The van der Waals surface area contributed by atoms with Crippen LogP contribution in [0.25, 0.3) is 0 Å². The standard InChI is InChI=1S/C17H22N2O4/c1-3-15-14(12(2)23-18-15)10-19-6-8-21-11-13(19)9-16(20)17-5-4-7-22-17/h4-5,7,13H,3,6,8-11H2,1-2H3. The predicted molar refractivity (Wildman–Crippen MR) is 83.3 cm³/mol. The van der Waals surface area contributed by atoms with Gasteiger partial charge in [-0.25, -0.2) is 0 Å². The number of ether oxygens (including phenoxy) is 1. The summed E-state index contributed by atoms with van der Waals surface area (Å²) in [5, 5.41) is 4.11.